The van der Waals surface area contributed by atoms with Gasteiger partial charge < -0.3 is 0 Å². The lowest BCUT2D eigenvalue weighted by Crippen LogP contribution is -2.14. The molecular weight excluding hydrogens is 264 g/mol. The van der Waals surface area contributed by atoms with Crippen LogP contribution in [0.5, 0.6) is 0 Å². The molecule has 2 aromatic rings. The molecule has 22 heavy (non-hydrogen) atoms. The van der Waals surface area contributed by atoms with Gasteiger partial charge in [0.25, 0.3) is 0 Å². The first-order chi connectivity index (χ1) is 10.6. The van der Waals surface area contributed by atoms with Gasteiger partial charge in [0.05, 0.1) is 0 Å². The predicted molar refractivity (Wildman–Crippen MR) is 95.0 cm³/mol. The molecule has 112 valence electrons. The maximum atomic E-state index is 3.35. The molecule has 0 N–H and O–H groups in total. The molecule has 0 amide bonds. The van der Waals surface area contributed by atoms with Crippen molar-refractivity contribution in [3.05, 3.63) is 59.2 Å². The highest BCUT2D eigenvalue weighted by Crippen LogP contribution is 2.48. The van der Waals surface area contributed by atoms with E-state index in [0.29, 0.717) is 0 Å². The van der Waals surface area contributed by atoms with E-state index in [1.165, 1.54) is 41.5 Å². The minimum absolute atomic E-state index is 0.0752. The highest BCUT2D eigenvalue weighted by atomic mass is 14.4. The zero-order chi connectivity index (χ0) is 15.6. The highest BCUT2D eigenvalue weighted by Gasteiger charge is 2.34. The van der Waals surface area contributed by atoms with E-state index in [1.54, 1.807) is 0 Å². The van der Waals surface area contributed by atoms with Crippen LogP contribution in [0.25, 0.3) is 11.1 Å². The van der Waals surface area contributed by atoms with Gasteiger partial charge in [-0.15, -0.1) is 0 Å². The third-order valence-corrected chi connectivity index (χ3v) is 4.72. The van der Waals surface area contributed by atoms with Crippen molar-refractivity contribution in [3.63, 3.8) is 0 Å². The summed E-state index contributed by atoms with van der Waals surface area (Å²) in [6.07, 6.45) is 4.76. The standard InChI is InChI=1S/C22H24/c1-4-5-6-7-8-11-17-14-15-19-18-12-9-10-13-20(18)22(2,3)21(19)16-17/h9-10,12-16H,4-7H2,1-3H3. The third kappa shape index (κ3) is 2.57. The van der Waals surface area contributed by atoms with E-state index >= 15 is 0 Å². The fraction of sp³-hybridized carbons (Fsp3) is 0.364. The molecule has 0 radical (unpaired) electrons. The lowest BCUT2D eigenvalue weighted by atomic mass is 9.82. The van der Waals surface area contributed by atoms with Crippen LogP contribution in [0.3, 0.4) is 0 Å². The van der Waals surface area contributed by atoms with E-state index in [-0.39, 0.29) is 5.41 Å². The molecule has 2 aromatic carbocycles. The van der Waals surface area contributed by atoms with Crippen molar-refractivity contribution in [1.82, 2.24) is 0 Å². The van der Waals surface area contributed by atoms with Gasteiger partial charge in [-0.1, -0.05) is 75.8 Å². The summed E-state index contributed by atoms with van der Waals surface area (Å²) in [5.74, 6) is 6.67. The molecule has 0 saturated carbocycles. The monoisotopic (exact) mass is 288 g/mol. The summed E-state index contributed by atoms with van der Waals surface area (Å²) in [7, 11) is 0. The van der Waals surface area contributed by atoms with Crippen LogP contribution in [-0.4, -0.2) is 0 Å². The molecule has 0 aliphatic heterocycles. The topological polar surface area (TPSA) is 0 Å². The summed E-state index contributed by atoms with van der Waals surface area (Å²) >= 11 is 0. The molecular formula is C22H24. The first-order valence-electron chi connectivity index (χ1n) is 8.38. The van der Waals surface area contributed by atoms with Crippen LogP contribution in [0.4, 0.5) is 0 Å². The van der Waals surface area contributed by atoms with Gasteiger partial charge in [0.1, 0.15) is 0 Å². The maximum absolute atomic E-state index is 3.35. The Kier molecular flexibility index (Phi) is 4.08. The Balaban J connectivity index is 1.91. The average Bonchev–Trinajstić information content (AvgIpc) is 2.76. The lowest BCUT2D eigenvalue weighted by molar-refractivity contribution is 0.660. The number of hydrogen-bond donors (Lipinski definition) is 0. The Hall–Kier alpha value is -2.00. The molecule has 1 aliphatic carbocycles. The Morgan fingerprint density at radius 3 is 2.50 bits per heavy atom. The largest absolute Gasteiger partial charge is 0.0979 e. The van der Waals surface area contributed by atoms with Crippen molar-refractivity contribution in [2.24, 2.45) is 0 Å². The van der Waals surface area contributed by atoms with E-state index in [2.05, 4.69) is 75.1 Å². The molecule has 0 nitrogen and oxygen atoms in total. The zero-order valence-corrected chi connectivity index (χ0v) is 13.9. The Morgan fingerprint density at radius 1 is 0.909 bits per heavy atom. The summed E-state index contributed by atoms with van der Waals surface area (Å²) in [5.41, 5.74) is 6.82. The summed E-state index contributed by atoms with van der Waals surface area (Å²) in [6, 6.07) is 15.5. The number of benzene rings is 2. The van der Waals surface area contributed by atoms with Crippen LogP contribution in [0.15, 0.2) is 42.5 Å². The third-order valence-electron chi connectivity index (χ3n) is 4.72. The van der Waals surface area contributed by atoms with Gasteiger partial charge >= 0.3 is 0 Å². The van der Waals surface area contributed by atoms with Crippen LogP contribution >= 0.6 is 0 Å². The fourth-order valence-electron chi connectivity index (χ4n) is 3.41. The molecule has 0 atom stereocenters. The molecule has 0 heteroatoms. The van der Waals surface area contributed by atoms with Gasteiger partial charge in [-0.25, -0.2) is 0 Å². The lowest BCUT2D eigenvalue weighted by Gasteiger charge is -2.21. The Labute approximate surface area is 134 Å². The molecule has 0 bridgehead atoms. The summed E-state index contributed by atoms with van der Waals surface area (Å²) in [6.45, 7) is 6.86. The highest BCUT2D eigenvalue weighted by molar-refractivity contribution is 5.81. The van der Waals surface area contributed by atoms with Gasteiger partial charge in [0, 0.05) is 17.4 Å². The number of fused-ring (bicyclic) bond motifs is 3. The summed E-state index contributed by atoms with van der Waals surface area (Å²) in [5, 5.41) is 0. The zero-order valence-electron chi connectivity index (χ0n) is 13.9. The normalized spacial score (nSPS) is 14.0. The first-order valence-corrected chi connectivity index (χ1v) is 8.38. The second-order valence-electron chi connectivity index (χ2n) is 6.69. The SMILES string of the molecule is CCCCCC#Cc1ccc2c(c1)C(C)(C)c1ccccc1-2. The Morgan fingerprint density at radius 2 is 1.68 bits per heavy atom. The number of hydrogen-bond acceptors (Lipinski definition) is 0. The maximum Gasteiger partial charge on any atom is 0.0248 e. The number of unbranched alkanes of at least 4 members (excludes halogenated alkanes) is 3. The second kappa shape index (κ2) is 6.01. The average molecular weight is 288 g/mol. The molecule has 0 heterocycles. The van der Waals surface area contributed by atoms with Gasteiger partial charge in [-0.2, -0.15) is 0 Å². The van der Waals surface area contributed by atoms with Gasteiger partial charge in [-0.05, 0) is 40.8 Å². The van der Waals surface area contributed by atoms with Crippen LogP contribution in [0.2, 0.25) is 0 Å². The Bertz CT molecular complexity index is 738. The van der Waals surface area contributed by atoms with Crippen molar-refractivity contribution in [2.45, 2.75) is 51.9 Å². The van der Waals surface area contributed by atoms with Crippen molar-refractivity contribution >= 4 is 0 Å². The van der Waals surface area contributed by atoms with E-state index in [4.69, 9.17) is 0 Å². The fourth-order valence-corrected chi connectivity index (χ4v) is 3.41. The predicted octanol–water partition coefficient (Wildman–Crippen LogP) is 5.92. The summed E-state index contributed by atoms with van der Waals surface area (Å²) < 4.78 is 0. The van der Waals surface area contributed by atoms with Crippen molar-refractivity contribution < 1.29 is 0 Å². The minimum Gasteiger partial charge on any atom is -0.0979 e. The number of rotatable bonds is 3. The van der Waals surface area contributed by atoms with Crippen LogP contribution in [-0.2, 0) is 5.41 Å². The van der Waals surface area contributed by atoms with E-state index in [1.807, 2.05) is 0 Å². The van der Waals surface area contributed by atoms with Crippen LogP contribution in [0, 0.1) is 11.8 Å². The van der Waals surface area contributed by atoms with Crippen LogP contribution in [0.1, 0.15) is 63.1 Å². The quantitative estimate of drug-likeness (QED) is 0.485. The first kappa shape index (κ1) is 14.9. The molecule has 0 fully saturated rings. The van der Waals surface area contributed by atoms with Crippen molar-refractivity contribution in [2.75, 3.05) is 0 Å². The van der Waals surface area contributed by atoms with Gasteiger partial charge in [0.15, 0.2) is 0 Å². The van der Waals surface area contributed by atoms with Crippen molar-refractivity contribution in [1.29, 1.82) is 0 Å². The van der Waals surface area contributed by atoms with E-state index in [9.17, 15) is 0 Å². The van der Waals surface area contributed by atoms with E-state index in [0.717, 1.165) is 12.0 Å². The van der Waals surface area contributed by atoms with Gasteiger partial charge in [-0.3, -0.25) is 0 Å². The minimum atomic E-state index is 0.0752. The molecule has 0 unspecified atom stereocenters. The molecule has 0 spiro atoms. The summed E-state index contributed by atoms with van der Waals surface area (Å²) in [4.78, 5) is 0. The molecule has 1 aliphatic rings. The molecule has 0 saturated heterocycles. The van der Waals surface area contributed by atoms with E-state index < -0.39 is 0 Å². The molecule has 3 rings (SSSR count). The van der Waals surface area contributed by atoms with Crippen LogP contribution < -0.4 is 0 Å². The molecule has 0 aromatic heterocycles. The van der Waals surface area contributed by atoms with Gasteiger partial charge in [0.2, 0.25) is 0 Å². The smallest absolute Gasteiger partial charge is 0.0248 e. The van der Waals surface area contributed by atoms with Crippen molar-refractivity contribution in [3.8, 4) is 23.0 Å². The second-order valence-corrected chi connectivity index (χ2v) is 6.69.